The smallest absolute Gasteiger partial charge is 0.260 e. The summed E-state index contributed by atoms with van der Waals surface area (Å²) in [5.74, 6) is 2.29. The molecule has 4 N–H and O–H groups in total. The van der Waals surface area contributed by atoms with Gasteiger partial charge in [0, 0.05) is 25.8 Å². The van der Waals surface area contributed by atoms with E-state index in [4.69, 9.17) is 10.8 Å². The van der Waals surface area contributed by atoms with Crippen molar-refractivity contribution in [3.8, 4) is 0 Å². The maximum absolute atomic E-state index is 11.2. The zero-order valence-electron chi connectivity index (χ0n) is 14.1. The van der Waals surface area contributed by atoms with Gasteiger partial charge in [0.25, 0.3) is 5.91 Å². The van der Waals surface area contributed by atoms with Crippen molar-refractivity contribution in [3.63, 3.8) is 0 Å². The number of amides is 1. The van der Waals surface area contributed by atoms with Crippen LogP contribution < -0.4 is 16.0 Å². The lowest BCUT2D eigenvalue weighted by molar-refractivity contribution is 0.100. The van der Waals surface area contributed by atoms with E-state index in [0.29, 0.717) is 27.6 Å². The molecule has 134 valence electrons. The largest absolute Gasteiger partial charge is 0.396 e. The number of piperidine rings is 1. The summed E-state index contributed by atoms with van der Waals surface area (Å²) in [6.07, 6.45) is 4.44. The second-order valence-corrected chi connectivity index (χ2v) is 7.15. The quantitative estimate of drug-likeness (QED) is 0.715. The van der Waals surface area contributed by atoms with Crippen LogP contribution in [-0.4, -0.2) is 45.7 Å². The van der Waals surface area contributed by atoms with Gasteiger partial charge in [0.1, 0.15) is 22.3 Å². The summed E-state index contributed by atoms with van der Waals surface area (Å²) in [7, 11) is 0. The normalized spacial score (nSPS) is 15.4. The maximum atomic E-state index is 11.2. The Morgan fingerprint density at radius 2 is 2.20 bits per heavy atom. The topological polar surface area (TPSA) is 117 Å². The Labute approximate surface area is 150 Å². The van der Waals surface area contributed by atoms with E-state index < -0.39 is 5.91 Å². The Morgan fingerprint density at radius 3 is 2.84 bits per heavy atom. The number of aromatic nitrogens is 3. The highest BCUT2D eigenvalue weighted by Crippen LogP contribution is 2.27. The monoisotopic (exact) mass is 362 g/mol. The molecule has 2 aromatic rings. The summed E-state index contributed by atoms with van der Waals surface area (Å²) in [5, 5.41) is 12.8. The number of thiazole rings is 1. The van der Waals surface area contributed by atoms with Gasteiger partial charge in [-0.1, -0.05) is 11.3 Å². The summed E-state index contributed by atoms with van der Waals surface area (Å²) in [6, 6.07) is 1.89. The molecule has 3 rings (SSSR count). The number of anilines is 3. The summed E-state index contributed by atoms with van der Waals surface area (Å²) < 4.78 is 0. The first-order valence-corrected chi connectivity index (χ1v) is 9.11. The van der Waals surface area contributed by atoms with Crippen molar-refractivity contribution in [1.29, 1.82) is 0 Å². The van der Waals surface area contributed by atoms with Gasteiger partial charge >= 0.3 is 0 Å². The maximum Gasteiger partial charge on any atom is 0.260 e. The number of primary amides is 1. The molecule has 0 unspecified atom stereocenters. The Hall–Kier alpha value is -2.26. The predicted octanol–water partition coefficient (Wildman–Crippen LogP) is 1.68. The highest BCUT2D eigenvalue weighted by Gasteiger charge is 2.20. The standard InChI is InChI=1S/C16H22N6O2S/c1-10-19-13(21-16-18-9-12(25-16)15(17)24)8-14(20-10)22-5-2-11(3-6-22)4-7-23/h8-9,11,23H,2-7H2,1H3,(H2,17,24)(H,18,19,20,21). The van der Waals surface area contributed by atoms with Crippen molar-refractivity contribution in [2.24, 2.45) is 11.7 Å². The van der Waals surface area contributed by atoms with E-state index >= 15 is 0 Å². The molecule has 8 nitrogen and oxygen atoms in total. The van der Waals surface area contributed by atoms with Crippen LogP contribution in [0.3, 0.4) is 0 Å². The fraction of sp³-hybridized carbons (Fsp3) is 0.500. The van der Waals surface area contributed by atoms with E-state index in [-0.39, 0.29) is 6.61 Å². The number of carbonyl (C=O) groups excluding carboxylic acids is 1. The molecule has 1 fully saturated rings. The molecule has 1 aliphatic heterocycles. The van der Waals surface area contributed by atoms with Gasteiger partial charge in [-0.05, 0) is 32.1 Å². The van der Waals surface area contributed by atoms with Crippen molar-refractivity contribution in [2.45, 2.75) is 26.2 Å². The van der Waals surface area contributed by atoms with E-state index in [2.05, 4.69) is 25.2 Å². The number of rotatable bonds is 6. The molecule has 1 amide bonds. The molecular formula is C16H22N6O2S. The number of aliphatic hydroxyl groups is 1. The number of hydrogen-bond acceptors (Lipinski definition) is 8. The number of aliphatic hydroxyl groups excluding tert-OH is 1. The second kappa shape index (κ2) is 7.75. The van der Waals surface area contributed by atoms with Crippen molar-refractivity contribution in [2.75, 3.05) is 29.9 Å². The highest BCUT2D eigenvalue weighted by atomic mass is 32.1. The van der Waals surface area contributed by atoms with Gasteiger partial charge in [0.2, 0.25) is 0 Å². The lowest BCUT2D eigenvalue weighted by Gasteiger charge is -2.32. The van der Waals surface area contributed by atoms with Crippen molar-refractivity contribution in [3.05, 3.63) is 23.0 Å². The van der Waals surface area contributed by atoms with Crippen LogP contribution in [0.5, 0.6) is 0 Å². The Morgan fingerprint density at radius 1 is 1.44 bits per heavy atom. The second-order valence-electron chi connectivity index (χ2n) is 6.12. The molecule has 1 aliphatic rings. The van der Waals surface area contributed by atoms with Gasteiger partial charge in [0.05, 0.1) is 6.20 Å². The minimum Gasteiger partial charge on any atom is -0.396 e. The average molecular weight is 362 g/mol. The molecule has 2 aromatic heterocycles. The van der Waals surface area contributed by atoms with Crippen LogP contribution in [0.4, 0.5) is 16.8 Å². The Kier molecular flexibility index (Phi) is 5.44. The van der Waals surface area contributed by atoms with Crippen molar-refractivity contribution >= 4 is 34.0 Å². The van der Waals surface area contributed by atoms with Crippen molar-refractivity contribution < 1.29 is 9.90 Å². The fourth-order valence-electron chi connectivity index (χ4n) is 2.97. The molecule has 3 heterocycles. The number of nitrogens with one attached hydrogen (secondary N) is 1. The summed E-state index contributed by atoms with van der Waals surface area (Å²) in [5.41, 5.74) is 5.25. The molecule has 9 heteroatoms. The molecule has 0 saturated carbocycles. The number of nitrogens with zero attached hydrogens (tertiary/aromatic N) is 4. The first-order chi connectivity index (χ1) is 12.0. The van der Waals surface area contributed by atoms with Gasteiger partial charge in [0.15, 0.2) is 5.13 Å². The molecule has 1 saturated heterocycles. The van der Waals surface area contributed by atoms with Crippen LogP contribution in [0.2, 0.25) is 0 Å². The van der Waals surface area contributed by atoms with E-state index in [0.717, 1.165) is 38.2 Å². The summed E-state index contributed by atoms with van der Waals surface area (Å²) in [4.78, 5) is 26.9. The lowest BCUT2D eigenvalue weighted by atomic mass is 9.94. The highest BCUT2D eigenvalue weighted by molar-refractivity contribution is 7.17. The molecule has 0 aliphatic carbocycles. The SMILES string of the molecule is Cc1nc(Nc2ncc(C(N)=O)s2)cc(N2CCC(CCO)CC2)n1. The fourth-order valence-corrected chi connectivity index (χ4v) is 3.64. The Bertz CT molecular complexity index is 742. The van der Waals surface area contributed by atoms with Crippen LogP contribution in [0.1, 0.15) is 34.8 Å². The van der Waals surface area contributed by atoms with Crippen LogP contribution in [0, 0.1) is 12.8 Å². The molecule has 0 aromatic carbocycles. The third-order valence-electron chi connectivity index (χ3n) is 4.28. The summed E-state index contributed by atoms with van der Waals surface area (Å²) in [6.45, 7) is 3.95. The third kappa shape index (κ3) is 4.43. The van der Waals surface area contributed by atoms with Crippen LogP contribution in [-0.2, 0) is 0 Å². The van der Waals surface area contributed by atoms with E-state index in [1.807, 2.05) is 13.0 Å². The zero-order valence-corrected chi connectivity index (χ0v) is 14.9. The molecule has 0 atom stereocenters. The predicted molar refractivity (Wildman–Crippen MR) is 97.3 cm³/mol. The number of aryl methyl sites for hydroxylation is 1. The molecule has 25 heavy (non-hydrogen) atoms. The molecular weight excluding hydrogens is 340 g/mol. The first-order valence-electron chi connectivity index (χ1n) is 8.29. The lowest BCUT2D eigenvalue weighted by Crippen LogP contribution is -2.34. The number of carbonyl (C=O) groups is 1. The van der Waals surface area contributed by atoms with Crippen molar-refractivity contribution in [1.82, 2.24) is 15.0 Å². The van der Waals surface area contributed by atoms with Crippen LogP contribution in [0.25, 0.3) is 0 Å². The number of hydrogen-bond donors (Lipinski definition) is 3. The van der Waals surface area contributed by atoms with Crippen LogP contribution in [0.15, 0.2) is 12.3 Å². The molecule has 0 radical (unpaired) electrons. The first kappa shape index (κ1) is 17.6. The Balaban J connectivity index is 1.71. The van der Waals surface area contributed by atoms with Crippen LogP contribution >= 0.6 is 11.3 Å². The third-order valence-corrected chi connectivity index (χ3v) is 5.21. The minimum atomic E-state index is -0.490. The molecule has 0 spiro atoms. The summed E-state index contributed by atoms with van der Waals surface area (Å²) >= 11 is 1.19. The van der Waals surface area contributed by atoms with Gasteiger partial charge in [-0.15, -0.1) is 0 Å². The average Bonchev–Trinajstić information content (AvgIpc) is 3.04. The van der Waals surface area contributed by atoms with Gasteiger partial charge in [-0.2, -0.15) is 0 Å². The molecule has 0 bridgehead atoms. The van der Waals surface area contributed by atoms with Gasteiger partial charge < -0.3 is 21.1 Å². The number of nitrogens with two attached hydrogens (primary N) is 1. The van der Waals surface area contributed by atoms with Gasteiger partial charge in [-0.3, -0.25) is 4.79 Å². The van der Waals surface area contributed by atoms with Gasteiger partial charge in [-0.25, -0.2) is 15.0 Å². The minimum absolute atomic E-state index is 0.256. The van der Waals surface area contributed by atoms with E-state index in [1.54, 1.807) is 0 Å². The van der Waals surface area contributed by atoms with E-state index in [1.165, 1.54) is 17.5 Å². The van der Waals surface area contributed by atoms with E-state index in [9.17, 15) is 4.79 Å². The zero-order chi connectivity index (χ0) is 17.8.